The van der Waals surface area contributed by atoms with Gasteiger partial charge in [-0.05, 0) is 17.7 Å². The number of nitriles is 1. The van der Waals surface area contributed by atoms with Crippen LogP contribution in [-0.4, -0.2) is 18.4 Å². The first-order valence-electron chi connectivity index (χ1n) is 5.72. The average molecular weight is 243 g/mol. The van der Waals surface area contributed by atoms with Gasteiger partial charge in [0.05, 0.1) is 6.07 Å². The molecule has 1 saturated heterocycles. The molecule has 18 heavy (non-hydrogen) atoms. The fraction of sp³-hybridized carbons (Fsp3) is 0.308. The molecule has 1 aliphatic heterocycles. The van der Waals surface area contributed by atoms with Crippen molar-refractivity contribution in [1.29, 1.82) is 5.26 Å². The molecule has 1 unspecified atom stereocenters. The Morgan fingerprint density at radius 2 is 2.39 bits per heavy atom. The molecule has 0 aromatic heterocycles. The number of anilines is 1. The van der Waals surface area contributed by atoms with Gasteiger partial charge >= 0.3 is 0 Å². The summed E-state index contributed by atoms with van der Waals surface area (Å²) in [6.45, 7) is 0.633. The van der Waals surface area contributed by atoms with E-state index in [1.54, 1.807) is 12.1 Å². The second kappa shape index (κ2) is 5.32. The van der Waals surface area contributed by atoms with Crippen LogP contribution in [0.4, 0.5) is 5.69 Å². The molecule has 0 bridgehead atoms. The van der Waals surface area contributed by atoms with Crippen LogP contribution >= 0.6 is 0 Å². The third kappa shape index (κ3) is 2.86. The molecular formula is C13H13N3O2. The minimum absolute atomic E-state index is 0.0546. The second-order valence-corrected chi connectivity index (χ2v) is 4.21. The average Bonchev–Trinajstić information content (AvgIpc) is 2.76. The molecule has 5 heteroatoms. The predicted octanol–water partition coefficient (Wildman–Crippen LogP) is 1.14. The molecular weight excluding hydrogens is 230 g/mol. The number of carbonyl (C=O) groups is 2. The zero-order chi connectivity index (χ0) is 13.0. The van der Waals surface area contributed by atoms with Gasteiger partial charge in [-0.1, -0.05) is 12.1 Å². The van der Waals surface area contributed by atoms with Crippen LogP contribution in [0.5, 0.6) is 0 Å². The first-order chi connectivity index (χ1) is 8.69. The molecule has 0 aliphatic carbocycles. The van der Waals surface area contributed by atoms with Crippen LogP contribution in [0.2, 0.25) is 0 Å². The van der Waals surface area contributed by atoms with Gasteiger partial charge in [0.25, 0.3) is 0 Å². The van der Waals surface area contributed by atoms with E-state index in [-0.39, 0.29) is 24.2 Å². The van der Waals surface area contributed by atoms with E-state index in [1.807, 2.05) is 18.2 Å². The van der Waals surface area contributed by atoms with Crippen molar-refractivity contribution in [2.45, 2.75) is 18.8 Å². The lowest BCUT2D eigenvalue weighted by atomic mass is 9.98. The van der Waals surface area contributed by atoms with Crippen molar-refractivity contribution in [2.75, 3.05) is 11.9 Å². The number of hydrogen-bond acceptors (Lipinski definition) is 3. The summed E-state index contributed by atoms with van der Waals surface area (Å²) in [6.07, 6.45) is 0.323. The highest BCUT2D eigenvalue weighted by molar-refractivity contribution is 5.92. The summed E-state index contributed by atoms with van der Waals surface area (Å²) in [4.78, 5) is 22.5. The largest absolute Gasteiger partial charge is 0.355 e. The van der Waals surface area contributed by atoms with Crippen LogP contribution < -0.4 is 10.6 Å². The number of nitrogens with zero attached hydrogens (tertiary/aromatic N) is 1. The third-order valence-electron chi connectivity index (χ3n) is 2.86. The molecule has 1 aromatic rings. The standard InChI is InChI=1S/C13H13N3O2/c14-5-4-12(17)16-11-3-1-2-9(6-11)10-7-13(18)15-8-10/h1-3,6,10H,4,7-8H2,(H,15,18)(H,16,17). The van der Waals surface area contributed by atoms with Crippen LogP contribution in [-0.2, 0) is 9.59 Å². The fourth-order valence-electron chi connectivity index (χ4n) is 1.99. The maximum absolute atomic E-state index is 11.3. The van der Waals surface area contributed by atoms with E-state index in [0.717, 1.165) is 5.56 Å². The summed E-state index contributed by atoms with van der Waals surface area (Å²) in [5.41, 5.74) is 1.68. The van der Waals surface area contributed by atoms with Crippen molar-refractivity contribution in [3.8, 4) is 6.07 Å². The Morgan fingerprint density at radius 3 is 3.06 bits per heavy atom. The first-order valence-corrected chi connectivity index (χ1v) is 5.72. The molecule has 5 nitrogen and oxygen atoms in total. The Bertz CT molecular complexity index is 519. The molecule has 2 rings (SSSR count). The molecule has 0 saturated carbocycles. The lowest BCUT2D eigenvalue weighted by Crippen LogP contribution is -2.13. The predicted molar refractivity (Wildman–Crippen MR) is 65.7 cm³/mol. The number of amides is 2. The lowest BCUT2D eigenvalue weighted by Gasteiger charge is -2.10. The Balaban J connectivity index is 2.08. The number of nitrogens with one attached hydrogen (secondary N) is 2. The highest BCUT2D eigenvalue weighted by Crippen LogP contribution is 2.25. The minimum atomic E-state index is -0.324. The van der Waals surface area contributed by atoms with Crippen molar-refractivity contribution in [3.05, 3.63) is 29.8 Å². The Kier molecular flexibility index (Phi) is 3.58. The Morgan fingerprint density at radius 1 is 1.56 bits per heavy atom. The van der Waals surface area contributed by atoms with Gasteiger partial charge in [-0.2, -0.15) is 5.26 Å². The zero-order valence-electron chi connectivity index (χ0n) is 9.77. The van der Waals surface area contributed by atoms with Crippen molar-refractivity contribution >= 4 is 17.5 Å². The first kappa shape index (κ1) is 12.1. The minimum Gasteiger partial charge on any atom is -0.355 e. The SMILES string of the molecule is N#CCC(=O)Nc1cccc(C2CNC(=O)C2)c1. The summed E-state index contributed by atoms with van der Waals surface area (Å²) in [5.74, 6) is -0.112. The molecule has 0 radical (unpaired) electrons. The molecule has 1 aliphatic rings. The summed E-state index contributed by atoms with van der Waals surface area (Å²) in [6, 6.07) is 9.18. The van der Waals surface area contributed by atoms with Crippen molar-refractivity contribution < 1.29 is 9.59 Å². The number of benzene rings is 1. The molecule has 1 aromatic carbocycles. The second-order valence-electron chi connectivity index (χ2n) is 4.21. The molecule has 2 N–H and O–H groups in total. The van der Waals surface area contributed by atoms with Crippen LogP contribution in [0.25, 0.3) is 0 Å². The maximum Gasteiger partial charge on any atom is 0.238 e. The van der Waals surface area contributed by atoms with E-state index in [4.69, 9.17) is 5.26 Å². The van der Waals surface area contributed by atoms with Crippen molar-refractivity contribution in [2.24, 2.45) is 0 Å². The van der Waals surface area contributed by atoms with Gasteiger partial charge < -0.3 is 10.6 Å². The van der Waals surface area contributed by atoms with E-state index in [0.29, 0.717) is 18.7 Å². The monoisotopic (exact) mass is 243 g/mol. The van der Waals surface area contributed by atoms with E-state index < -0.39 is 0 Å². The smallest absolute Gasteiger partial charge is 0.238 e. The highest BCUT2D eigenvalue weighted by atomic mass is 16.2. The molecule has 2 amide bonds. The van der Waals surface area contributed by atoms with Crippen LogP contribution in [0.1, 0.15) is 24.3 Å². The highest BCUT2D eigenvalue weighted by Gasteiger charge is 2.22. The van der Waals surface area contributed by atoms with Gasteiger partial charge in [-0.15, -0.1) is 0 Å². The quantitative estimate of drug-likeness (QED) is 0.835. The van der Waals surface area contributed by atoms with Gasteiger partial charge in [0, 0.05) is 24.6 Å². The van der Waals surface area contributed by atoms with E-state index in [1.165, 1.54) is 0 Å². The number of carbonyl (C=O) groups excluding carboxylic acids is 2. The van der Waals surface area contributed by atoms with E-state index in [9.17, 15) is 9.59 Å². The van der Waals surface area contributed by atoms with E-state index >= 15 is 0 Å². The molecule has 1 fully saturated rings. The Hall–Kier alpha value is -2.35. The van der Waals surface area contributed by atoms with Crippen LogP contribution in [0, 0.1) is 11.3 Å². The number of hydrogen-bond donors (Lipinski definition) is 2. The van der Waals surface area contributed by atoms with Crippen LogP contribution in [0.15, 0.2) is 24.3 Å². The van der Waals surface area contributed by atoms with Crippen molar-refractivity contribution in [1.82, 2.24) is 5.32 Å². The summed E-state index contributed by atoms with van der Waals surface area (Å²) >= 11 is 0. The third-order valence-corrected chi connectivity index (χ3v) is 2.86. The van der Waals surface area contributed by atoms with Gasteiger partial charge in [-0.25, -0.2) is 0 Å². The molecule has 92 valence electrons. The topological polar surface area (TPSA) is 82.0 Å². The maximum atomic E-state index is 11.3. The van der Waals surface area contributed by atoms with Crippen molar-refractivity contribution in [3.63, 3.8) is 0 Å². The van der Waals surface area contributed by atoms with Gasteiger partial charge in [-0.3, -0.25) is 9.59 Å². The summed E-state index contributed by atoms with van der Waals surface area (Å²) in [5, 5.41) is 13.8. The number of rotatable bonds is 3. The molecule has 1 heterocycles. The van der Waals surface area contributed by atoms with Gasteiger partial charge in [0.1, 0.15) is 6.42 Å². The van der Waals surface area contributed by atoms with Crippen LogP contribution in [0.3, 0.4) is 0 Å². The summed E-state index contributed by atoms with van der Waals surface area (Å²) in [7, 11) is 0. The van der Waals surface area contributed by atoms with E-state index in [2.05, 4.69) is 10.6 Å². The van der Waals surface area contributed by atoms with Gasteiger partial charge in [0.15, 0.2) is 0 Å². The molecule has 1 atom stereocenters. The van der Waals surface area contributed by atoms with Gasteiger partial charge in [0.2, 0.25) is 11.8 Å². The molecule has 0 spiro atoms. The Labute approximate surface area is 105 Å². The fourth-order valence-corrected chi connectivity index (χ4v) is 1.99. The lowest BCUT2D eigenvalue weighted by molar-refractivity contribution is -0.119. The normalized spacial score (nSPS) is 17.9. The zero-order valence-corrected chi connectivity index (χ0v) is 9.77. The summed E-state index contributed by atoms with van der Waals surface area (Å²) < 4.78 is 0.